The standard InChI is InChI=1S/C25H26ClF3N2O3S2/c26-19-5-2-7-22(17-19)36(32,33)30-20-9-12-31(13-10-20)14-11-23(24-8-3-15-35-24)34-21-6-1-4-18(16-21)25(27,28)29/h1-8,15-17,20,23,30H,9-14H2. The first kappa shape index (κ1) is 26.9. The van der Waals surface area contributed by atoms with Crippen molar-refractivity contribution >= 4 is 33.0 Å². The number of likely N-dealkylation sites (tertiary alicyclic amines) is 1. The molecule has 0 aliphatic carbocycles. The van der Waals surface area contributed by atoms with Crippen molar-refractivity contribution < 1.29 is 26.3 Å². The highest BCUT2D eigenvalue weighted by Crippen LogP contribution is 2.34. The molecule has 3 aromatic rings. The first-order valence-electron chi connectivity index (χ1n) is 11.5. The van der Waals surface area contributed by atoms with Crippen LogP contribution >= 0.6 is 22.9 Å². The molecule has 0 spiro atoms. The Morgan fingerprint density at radius 1 is 1.08 bits per heavy atom. The second-order valence-corrected chi connectivity index (χ2v) is 11.8. The number of alkyl halides is 3. The van der Waals surface area contributed by atoms with Gasteiger partial charge in [-0.05, 0) is 73.8 Å². The Morgan fingerprint density at radius 3 is 2.50 bits per heavy atom. The van der Waals surface area contributed by atoms with Gasteiger partial charge in [-0.25, -0.2) is 13.1 Å². The number of piperidine rings is 1. The normalized spacial score (nSPS) is 16.7. The minimum absolute atomic E-state index is 0.142. The number of hydrogen-bond donors (Lipinski definition) is 1. The van der Waals surface area contributed by atoms with E-state index in [0.29, 0.717) is 43.9 Å². The Morgan fingerprint density at radius 2 is 1.83 bits per heavy atom. The molecule has 1 aliphatic rings. The van der Waals surface area contributed by atoms with Gasteiger partial charge in [-0.15, -0.1) is 11.3 Å². The number of rotatable bonds is 9. The molecular weight excluding hydrogens is 533 g/mol. The Kier molecular flexibility index (Phi) is 8.62. The molecule has 1 aromatic heterocycles. The van der Waals surface area contributed by atoms with E-state index < -0.39 is 21.8 Å². The highest BCUT2D eigenvalue weighted by Gasteiger charge is 2.31. The van der Waals surface area contributed by atoms with Crippen LogP contribution in [0, 0.1) is 0 Å². The molecule has 0 amide bonds. The monoisotopic (exact) mass is 558 g/mol. The zero-order valence-electron chi connectivity index (χ0n) is 19.2. The van der Waals surface area contributed by atoms with Crippen molar-refractivity contribution in [2.24, 2.45) is 0 Å². The molecule has 1 fully saturated rings. The van der Waals surface area contributed by atoms with Gasteiger partial charge in [0, 0.05) is 28.9 Å². The van der Waals surface area contributed by atoms with Crippen LogP contribution in [-0.2, 0) is 16.2 Å². The molecule has 0 radical (unpaired) electrons. The third kappa shape index (κ3) is 7.23. The summed E-state index contributed by atoms with van der Waals surface area (Å²) in [5.74, 6) is 0.178. The molecule has 5 nitrogen and oxygen atoms in total. The first-order chi connectivity index (χ1) is 17.1. The largest absolute Gasteiger partial charge is 0.485 e. The summed E-state index contributed by atoms with van der Waals surface area (Å²) >= 11 is 7.43. The van der Waals surface area contributed by atoms with Crippen LogP contribution in [0.3, 0.4) is 0 Å². The van der Waals surface area contributed by atoms with Crippen molar-refractivity contribution in [1.29, 1.82) is 0 Å². The van der Waals surface area contributed by atoms with E-state index >= 15 is 0 Å². The van der Waals surface area contributed by atoms with E-state index in [9.17, 15) is 21.6 Å². The summed E-state index contributed by atoms with van der Waals surface area (Å²) in [6, 6.07) is 14.7. The fraction of sp³-hybridized carbons (Fsp3) is 0.360. The van der Waals surface area contributed by atoms with Crippen LogP contribution in [0.2, 0.25) is 5.02 Å². The second-order valence-electron chi connectivity index (χ2n) is 8.63. The molecule has 0 saturated carbocycles. The molecule has 1 aliphatic heterocycles. The molecule has 11 heteroatoms. The van der Waals surface area contributed by atoms with Gasteiger partial charge in [-0.2, -0.15) is 13.2 Å². The number of ether oxygens (including phenoxy) is 1. The van der Waals surface area contributed by atoms with Crippen LogP contribution in [0.5, 0.6) is 5.75 Å². The van der Waals surface area contributed by atoms with E-state index in [1.54, 1.807) is 12.1 Å². The fourth-order valence-corrected chi connectivity index (χ4v) is 6.53. The molecule has 1 saturated heterocycles. The van der Waals surface area contributed by atoms with E-state index in [0.717, 1.165) is 17.0 Å². The predicted molar refractivity (Wildman–Crippen MR) is 135 cm³/mol. The number of halogens is 4. The summed E-state index contributed by atoms with van der Waals surface area (Å²) < 4.78 is 73.5. The molecule has 2 heterocycles. The topological polar surface area (TPSA) is 58.6 Å². The lowest BCUT2D eigenvalue weighted by Crippen LogP contribution is -2.45. The van der Waals surface area contributed by atoms with Crippen molar-refractivity contribution in [2.75, 3.05) is 19.6 Å². The zero-order valence-corrected chi connectivity index (χ0v) is 21.6. The molecule has 1 N–H and O–H groups in total. The highest BCUT2D eigenvalue weighted by molar-refractivity contribution is 7.89. The van der Waals surface area contributed by atoms with Crippen molar-refractivity contribution in [1.82, 2.24) is 9.62 Å². The van der Waals surface area contributed by atoms with E-state index in [1.807, 2.05) is 17.5 Å². The van der Waals surface area contributed by atoms with Crippen LogP contribution in [0.25, 0.3) is 0 Å². The number of thiophene rings is 1. The lowest BCUT2D eigenvalue weighted by Gasteiger charge is -2.33. The summed E-state index contributed by atoms with van der Waals surface area (Å²) in [6.45, 7) is 2.07. The van der Waals surface area contributed by atoms with Crippen LogP contribution in [0.4, 0.5) is 13.2 Å². The lowest BCUT2D eigenvalue weighted by atomic mass is 10.1. The molecule has 36 heavy (non-hydrogen) atoms. The van der Waals surface area contributed by atoms with Crippen LogP contribution in [0.15, 0.2) is 70.9 Å². The van der Waals surface area contributed by atoms with E-state index in [4.69, 9.17) is 16.3 Å². The Bertz CT molecular complexity index is 1250. The van der Waals surface area contributed by atoms with Gasteiger partial charge in [0.2, 0.25) is 10.0 Å². The molecule has 1 atom stereocenters. The second kappa shape index (κ2) is 11.5. The summed E-state index contributed by atoms with van der Waals surface area (Å²) in [5, 5.41) is 2.27. The number of nitrogens with zero attached hydrogens (tertiary/aromatic N) is 1. The van der Waals surface area contributed by atoms with Gasteiger partial charge < -0.3 is 9.64 Å². The average Bonchev–Trinajstić information content (AvgIpc) is 3.37. The minimum atomic E-state index is -4.43. The maximum Gasteiger partial charge on any atom is 0.416 e. The van der Waals surface area contributed by atoms with E-state index in [1.165, 1.54) is 35.6 Å². The maximum absolute atomic E-state index is 13.1. The number of nitrogens with one attached hydrogen (secondary N) is 1. The maximum atomic E-state index is 13.1. The first-order valence-corrected chi connectivity index (χ1v) is 14.2. The third-order valence-corrected chi connectivity index (χ3v) is 8.74. The van der Waals surface area contributed by atoms with Gasteiger partial charge in [0.15, 0.2) is 0 Å². The molecule has 1 unspecified atom stereocenters. The minimum Gasteiger partial charge on any atom is -0.485 e. The van der Waals surface area contributed by atoms with Crippen LogP contribution in [0.1, 0.15) is 35.8 Å². The highest BCUT2D eigenvalue weighted by atomic mass is 35.5. The lowest BCUT2D eigenvalue weighted by molar-refractivity contribution is -0.137. The number of sulfonamides is 1. The fourth-order valence-electron chi connectivity index (χ4n) is 4.14. The van der Waals surface area contributed by atoms with Crippen molar-refractivity contribution in [2.45, 2.75) is 42.5 Å². The van der Waals surface area contributed by atoms with Gasteiger partial charge >= 0.3 is 6.18 Å². The van der Waals surface area contributed by atoms with Crippen molar-refractivity contribution in [3.05, 3.63) is 81.5 Å². The van der Waals surface area contributed by atoms with Gasteiger partial charge in [0.25, 0.3) is 0 Å². The van der Waals surface area contributed by atoms with Crippen LogP contribution < -0.4 is 9.46 Å². The van der Waals surface area contributed by atoms with Crippen LogP contribution in [-0.4, -0.2) is 39.0 Å². The number of hydrogen-bond acceptors (Lipinski definition) is 5. The Labute approximate surface area is 217 Å². The SMILES string of the molecule is O=S(=O)(NC1CCN(CCC(Oc2cccc(C(F)(F)F)c2)c2cccs2)CC1)c1cccc(Cl)c1. The summed E-state index contributed by atoms with van der Waals surface area (Å²) in [4.78, 5) is 3.31. The zero-order chi connectivity index (χ0) is 25.8. The molecule has 194 valence electrons. The summed E-state index contributed by atoms with van der Waals surface area (Å²) in [7, 11) is -3.66. The summed E-state index contributed by atoms with van der Waals surface area (Å²) in [6.07, 6.45) is -2.92. The Hall–Kier alpha value is -2.11. The van der Waals surface area contributed by atoms with Gasteiger partial charge in [0.05, 0.1) is 10.5 Å². The van der Waals surface area contributed by atoms with Gasteiger partial charge in [-0.3, -0.25) is 0 Å². The quantitative estimate of drug-likeness (QED) is 0.331. The third-order valence-electron chi connectivity index (χ3n) is 6.02. The molecular formula is C25H26ClF3N2O3S2. The van der Waals surface area contributed by atoms with E-state index in [-0.39, 0.29) is 22.8 Å². The van der Waals surface area contributed by atoms with Crippen molar-refractivity contribution in [3.8, 4) is 5.75 Å². The molecule has 0 bridgehead atoms. The van der Waals surface area contributed by atoms with Gasteiger partial charge in [0.1, 0.15) is 11.9 Å². The molecule has 4 rings (SSSR count). The predicted octanol–water partition coefficient (Wildman–Crippen LogP) is 6.37. The molecule has 2 aromatic carbocycles. The smallest absolute Gasteiger partial charge is 0.416 e. The van der Waals surface area contributed by atoms with E-state index in [2.05, 4.69) is 9.62 Å². The van der Waals surface area contributed by atoms with Gasteiger partial charge in [-0.1, -0.05) is 29.8 Å². The number of benzene rings is 2. The summed E-state index contributed by atoms with van der Waals surface area (Å²) in [5.41, 5.74) is -0.743. The van der Waals surface area contributed by atoms with Crippen molar-refractivity contribution in [3.63, 3.8) is 0 Å². The Balaban J connectivity index is 1.33. The average molecular weight is 559 g/mol.